The average molecular weight is 290 g/mol. The van der Waals surface area contributed by atoms with Gasteiger partial charge in [-0.05, 0) is 43.5 Å². The van der Waals surface area contributed by atoms with Crippen molar-refractivity contribution in [2.24, 2.45) is 0 Å². The fourth-order valence-electron chi connectivity index (χ4n) is 1.25. The van der Waals surface area contributed by atoms with Crippen LogP contribution in [0.4, 0.5) is 5.69 Å². The molecule has 0 aliphatic carbocycles. The Morgan fingerprint density at radius 3 is 1.05 bits per heavy atom. The molecular formula is C19H34N2. The molecule has 0 aliphatic rings. The first kappa shape index (κ1) is 24.2. The highest BCUT2D eigenvalue weighted by Gasteiger charge is 1.84. The zero-order valence-corrected chi connectivity index (χ0v) is 14.9. The van der Waals surface area contributed by atoms with Gasteiger partial charge in [0.15, 0.2) is 0 Å². The van der Waals surface area contributed by atoms with Crippen LogP contribution < -0.4 is 11.9 Å². The third-order valence-electron chi connectivity index (χ3n) is 2.61. The fraction of sp³-hybridized carbons (Fsp3) is 0.368. The van der Waals surface area contributed by atoms with Gasteiger partial charge in [0.1, 0.15) is 0 Å². The molecule has 120 valence electrons. The van der Waals surface area contributed by atoms with Crippen molar-refractivity contribution in [3.8, 4) is 0 Å². The van der Waals surface area contributed by atoms with Crippen molar-refractivity contribution in [1.82, 2.24) is 6.15 Å². The van der Waals surface area contributed by atoms with E-state index in [1.165, 1.54) is 11.1 Å². The Morgan fingerprint density at radius 2 is 0.857 bits per heavy atom. The largest absolute Gasteiger partial charge is 0.399 e. The van der Waals surface area contributed by atoms with Crippen molar-refractivity contribution in [2.75, 3.05) is 5.73 Å². The number of rotatable bonds is 0. The van der Waals surface area contributed by atoms with Crippen molar-refractivity contribution in [1.29, 1.82) is 0 Å². The van der Waals surface area contributed by atoms with Crippen LogP contribution in [0.15, 0.2) is 48.5 Å². The highest BCUT2D eigenvalue weighted by Crippen LogP contribution is 2.06. The smallest absolute Gasteiger partial charge is 0.0343 e. The highest BCUT2D eigenvalue weighted by molar-refractivity contribution is 5.44. The Morgan fingerprint density at radius 1 is 0.571 bits per heavy atom. The first-order chi connectivity index (χ1) is 9.61. The van der Waals surface area contributed by atoms with Crippen LogP contribution in [0.1, 0.15) is 44.4 Å². The number of hydrogen-bond donors (Lipinski definition) is 2. The van der Waals surface area contributed by atoms with E-state index in [0.717, 1.165) is 11.3 Å². The molecule has 0 saturated heterocycles. The minimum absolute atomic E-state index is 0. The fourth-order valence-corrected chi connectivity index (χ4v) is 1.25. The Kier molecular flexibility index (Phi) is 18.8. The average Bonchev–Trinajstić information content (AvgIpc) is 2.50. The number of benzene rings is 2. The summed E-state index contributed by atoms with van der Waals surface area (Å²) in [6.07, 6.45) is 0. The number of hydrogen-bond acceptors (Lipinski definition) is 2. The minimum Gasteiger partial charge on any atom is -0.399 e. The maximum atomic E-state index is 5.52. The van der Waals surface area contributed by atoms with Gasteiger partial charge in [0, 0.05) is 5.69 Å². The second-order valence-corrected chi connectivity index (χ2v) is 3.94. The molecular weight excluding hydrogens is 256 g/mol. The summed E-state index contributed by atoms with van der Waals surface area (Å²) < 4.78 is 0. The molecule has 0 aliphatic heterocycles. The molecule has 0 fully saturated rings. The van der Waals surface area contributed by atoms with Crippen molar-refractivity contribution in [2.45, 2.75) is 48.5 Å². The summed E-state index contributed by atoms with van der Waals surface area (Å²) in [6, 6.07) is 16.2. The maximum Gasteiger partial charge on any atom is 0.0343 e. The van der Waals surface area contributed by atoms with Crippen LogP contribution >= 0.6 is 0 Å². The van der Waals surface area contributed by atoms with E-state index >= 15 is 0 Å². The van der Waals surface area contributed by atoms with Crippen LogP contribution in [0.3, 0.4) is 0 Å². The zero-order valence-electron chi connectivity index (χ0n) is 14.9. The van der Waals surface area contributed by atoms with Gasteiger partial charge in [0.25, 0.3) is 0 Å². The summed E-state index contributed by atoms with van der Waals surface area (Å²) in [4.78, 5) is 0. The van der Waals surface area contributed by atoms with Gasteiger partial charge in [-0.25, -0.2) is 0 Å². The maximum absolute atomic E-state index is 5.52. The van der Waals surface area contributed by atoms with E-state index in [1.54, 1.807) is 0 Å². The van der Waals surface area contributed by atoms with E-state index in [2.05, 4.69) is 38.1 Å². The van der Waals surface area contributed by atoms with Crippen molar-refractivity contribution in [3.05, 3.63) is 65.2 Å². The van der Waals surface area contributed by atoms with Crippen molar-refractivity contribution in [3.63, 3.8) is 0 Å². The molecule has 0 unspecified atom stereocenters. The lowest BCUT2D eigenvalue weighted by Crippen LogP contribution is -1.85. The van der Waals surface area contributed by atoms with E-state index in [-0.39, 0.29) is 6.15 Å². The van der Waals surface area contributed by atoms with Crippen LogP contribution in [0.25, 0.3) is 0 Å². The van der Waals surface area contributed by atoms with Gasteiger partial charge in [0.2, 0.25) is 0 Å². The lowest BCUT2D eigenvalue weighted by molar-refractivity contribution is 1.34. The molecule has 2 aromatic carbocycles. The van der Waals surface area contributed by atoms with Gasteiger partial charge < -0.3 is 11.9 Å². The molecule has 0 aromatic heterocycles. The monoisotopic (exact) mass is 290 g/mol. The quantitative estimate of drug-likeness (QED) is 0.576. The van der Waals surface area contributed by atoms with Gasteiger partial charge in [-0.3, -0.25) is 0 Å². The molecule has 0 amide bonds. The number of anilines is 1. The van der Waals surface area contributed by atoms with Crippen LogP contribution in [0.5, 0.6) is 0 Å². The van der Waals surface area contributed by atoms with E-state index in [9.17, 15) is 0 Å². The summed E-state index contributed by atoms with van der Waals surface area (Å²) in [7, 11) is 0. The molecule has 0 spiro atoms. The van der Waals surface area contributed by atoms with Crippen LogP contribution in [-0.2, 0) is 0 Å². The Bertz CT molecular complexity index is 365. The van der Waals surface area contributed by atoms with Crippen LogP contribution in [-0.4, -0.2) is 0 Å². The summed E-state index contributed by atoms with van der Waals surface area (Å²) in [5.41, 5.74) is 10.3. The van der Waals surface area contributed by atoms with Gasteiger partial charge in [-0.2, -0.15) is 0 Å². The SMILES string of the molecule is CC.CC.Cc1ccccc1C.Cc1ccccc1N.N. The molecule has 0 saturated carbocycles. The van der Waals surface area contributed by atoms with E-state index in [1.807, 2.05) is 58.9 Å². The predicted molar refractivity (Wildman–Crippen MR) is 99.2 cm³/mol. The molecule has 2 rings (SSSR count). The van der Waals surface area contributed by atoms with Gasteiger partial charge in [-0.15, -0.1) is 0 Å². The van der Waals surface area contributed by atoms with Crippen LogP contribution in [0, 0.1) is 20.8 Å². The second kappa shape index (κ2) is 16.3. The molecule has 5 N–H and O–H groups in total. The molecule has 0 radical (unpaired) electrons. The number of aryl methyl sites for hydroxylation is 3. The normalized spacial score (nSPS) is 7.57. The lowest BCUT2D eigenvalue weighted by Gasteiger charge is -1.93. The topological polar surface area (TPSA) is 61.0 Å². The summed E-state index contributed by atoms with van der Waals surface area (Å²) in [6.45, 7) is 14.2. The third kappa shape index (κ3) is 11.7. The van der Waals surface area contributed by atoms with E-state index < -0.39 is 0 Å². The molecule has 0 bridgehead atoms. The Balaban J connectivity index is -0.000000240. The highest BCUT2D eigenvalue weighted by atomic mass is 14.5. The van der Waals surface area contributed by atoms with E-state index in [4.69, 9.17) is 5.73 Å². The summed E-state index contributed by atoms with van der Waals surface area (Å²) >= 11 is 0. The molecule has 2 aromatic rings. The zero-order chi connectivity index (χ0) is 16.0. The number of nitrogens with two attached hydrogens (primary N) is 1. The number of nitrogen functional groups attached to an aromatic ring is 1. The van der Waals surface area contributed by atoms with Gasteiger partial charge >= 0.3 is 0 Å². The lowest BCUT2D eigenvalue weighted by atomic mass is 10.1. The molecule has 21 heavy (non-hydrogen) atoms. The van der Waals surface area contributed by atoms with Crippen molar-refractivity contribution < 1.29 is 0 Å². The van der Waals surface area contributed by atoms with Crippen molar-refractivity contribution >= 4 is 5.69 Å². The third-order valence-corrected chi connectivity index (χ3v) is 2.61. The number of para-hydroxylation sites is 1. The summed E-state index contributed by atoms with van der Waals surface area (Å²) in [5, 5.41) is 0. The molecule has 2 nitrogen and oxygen atoms in total. The van der Waals surface area contributed by atoms with Gasteiger partial charge in [-0.1, -0.05) is 70.2 Å². The Labute approximate surface area is 132 Å². The first-order valence-corrected chi connectivity index (χ1v) is 7.44. The molecule has 0 heterocycles. The summed E-state index contributed by atoms with van der Waals surface area (Å²) in [5.74, 6) is 0. The predicted octanol–water partition coefficient (Wildman–Crippen LogP) is 6.10. The van der Waals surface area contributed by atoms with Gasteiger partial charge in [0.05, 0.1) is 0 Å². The van der Waals surface area contributed by atoms with E-state index in [0.29, 0.717) is 0 Å². The van der Waals surface area contributed by atoms with Crippen LogP contribution in [0.2, 0.25) is 0 Å². The molecule has 2 heteroatoms. The standard InChI is InChI=1S/C8H10.C7H9N.2C2H6.H3N/c1-7-5-3-4-6-8(7)2;1-6-4-2-3-5-7(6)8;2*1-2;/h3-6H,1-2H3;2-5H,8H2,1H3;2*1-2H3;1H3. The molecule has 0 atom stereocenters. The first-order valence-electron chi connectivity index (χ1n) is 7.44. The Hall–Kier alpha value is -1.80. The minimum atomic E-state index is 0. The second-order valence-electron chi connectivity index (χ2n) is 3.94.